The number of rotatable bonds is 6. The van der Waals surface area contributed by atoms with Crippen LogP contribution in [0.1, 0.15) is 29.2 Å². The molecule has 5 nitrogen and oxygen atoms in total. The average molecular weight is 390 g/mol. The van der Waals surface area contributed by atoms with E-state index in [9.17, 15) is 9.59 Å². The van der Waals surface area contributed by atoms with E-state index >= 15 is 0 Å². The van der Waals surface area contributed by atoms with Crippen LogP contribution in [0, 0.1) is 27.7 Å². The highest BCUT2D eigenvalue weighted by molar-refractivity contribution is 6.30. The van der Waals surface area contributed by atoms with Gasteiger partial charge in [0, 0.05) is 10.7 Å². The molecule has 6 heteroatoms. The predicted octanol–water partition coefficient (Wildman–Crippen LogP) is 4.52. The number of hydrogen-bond acceptors (Lipinski definition) is 4. The molecule has 1 N–H and O–H groups in total. The van der Waals surface area contributed by atoms with E-state index in [-0.39, 0.29) is 12.5 Å². The van der Waals surface area contributed by atoms with Crippen LogP contribution in [0.15, 0.2) is 30.3 Å². The highest BCUT2D eigenvalue weighted by atomic mass is 35.5. The highest BCUT2D eigenvalue weighted by Gasteiger charge is 2.20. The molecule has 0 spiro atoms. The molecule has 0 saturated carbocycles. The fourth-order valence-electron chi connectivity index (χ4n) is 2.80. The number of aryl methyl sites for hydroxylation is 4. The van der Waals surface area contributed by atoms with E-state index in [1.165, 1.54) is 6.92 Å². The number of nitrogens with one attached hydrogen (secondary N) is 1. The summed E-state index contributed by atoms with van der Waals surface area (Å²) in [7, 11) is 0. The van der Waals surface area contributed by atoms with Crippen molar-refractivity contribution in [3.05, 3.63) is 57.6 Å². The van der Waals surface area contributed by atoms with E-state index < -0.39 is 12.1 Å². The Labute approximate surface area is 164 Å². The SMILES string of the molecule is Cc1cc(C)c(NC(=O)[C@@H](C)OC(=O)COc2ccc(Cl)cc2C)c(C)c1. The molecule has 2 rings (SSSR count). The number of amides is 1. The van der Waals surface area contributed by atoms with Crippen molar-refractivity contribution in [3.63, 3.8) is 0 Å². The van der Waals surface area contributed by atoms with Crippen LogP contribution in [0.3, 0.4) is 0 Å². The number of hydrogen-bond donors (Lipinski definition) is 1. The van der Waals surface area contributed by atoms with Crippen molar-refractivity contribution in [2.45, 2.75) is 40.7 Å². The molecule has 1 amide bonds. The van der Waals surface area contributed by atoms with Crippen LogP contribution < -0.4 is 10.1 Å². The largest absolute Gasteiger partial charge is 0.482 e. The van der Waals surface area contributed by atoms with Crippen molar-refractivity contribution in [3.8, 4) is 5.75 Å². The number of carbonyl (C=O) groups is 2. The van der Waals surface area contributed by atoms with Gasteiger partial charge in [0.1, 0.15) is 5.75 Å². The predicted molar refractivity (Wildman–Crippen MR) is 107 cm³/mol. The first-order valence-electron chi connectivity index (χ1n) is 8.64. The molecule has 0 saturated heterocycles. The Kier molecular flexibility index (Phi) is 6.86. The lowest BCUT2D eigenvalue weighted by Gasteiger charge is -2.17. The van der Waals surface area contributed by atoms with Gasteiger partial charge in [0.25, 0.3) is 5.91 Å². The fourth-order valence-corrected chi connectivity index (χ4v) is 3.02. The number of ether oxygens (including phenoxy) is 2. The maximum Gasteiger partial charge on any atom is 0.344 e. The Balaban J connectivity index is 1.91. The summed E-state index contributed by atoms with van der Waals surface area (Å²) in [4.78, 5) is 24.3. The summed E-state index contributed by atoms with van der Waals surface area (Å²) < 4.78 is 10.6. The summed E-state index contributed by atoms with van der Waals surface area (Å²) in [6.07, 6.45) is -0.937. The molecule has 0 aliphatic carbocycles. The van der Waals surface area contributed by atoms with Gasteiger partial charge in [-0.15, -0.1) is 0 Å². The normalized spacial score (nSPS) is 11.6. The summed E-state index contributed by atoms with van der Waals surface area (Å²) in [6, 6.07) is 9.08. The van der Waals surface area contributed by atoms with Crippen LogP contribution in [0.25, 0.3) is 0 Å². The zero-order chi connectivity index (χ0) is 20.1. The van der Waals surface area contributed by atoms with Crippen molar-refractivity contribution in [2.75, 3.05) is 11.9 Å². The van der Waals surface area contributed by atoms with Crippen molar-refractivity contribution in [1.29, 1.82) is 0 Å². The number of halogens is 1. The van der Waals surface area contributed by atoms with Gasteiger partial charge >= 0.3 is 5.97 Å². The summed E-state index contributed by atoms with van der Waals surface area (Å²) in [5.74, 6) is -0.468. The number of esters is 1. The highest BCUT2D eigenvalue weighted by Crippen LogP contribution is 2.23. The summed E-state index contributed by atoms with van der Waals surface area (Å²) in [6.45, 7) is 8.92. The van der Waals surface area contributed by atoms with E-state index in [0.29, 0.717) is 10.8 Å². The van der Waals surface area contributed by atoms with Gasteiger partial charge in [-0.05, 0) is 69.5 Å². The lowest BCUT2D eigenvalue weighted by molar-refractivity contribution is -0.155. The second-order valence-corrected chi connectivity index (χ2v) is 7.03. The topological polar surface area (TPSA) is 64.6 Å². The Hall–Kier alpha value is -2.53. The molecule has 0 aliphatic heterocycles. The maximum atomic E-state index is 12.4. The molecule has 0 aliphatic rings. The number of anilines is 1. The van der Waals surface area contributed by atoms with Gasteiger partial charge in [0.15, 0.2) is 12.7 Å². The lowest BCUT2D eigenvalue weighted by Crippen LogP contribution is -2.32. The van der Waals surface area contributed by atoms with Crippen LogP contribution in [0.5, 0.6) is 5.75 Å². The van der Waals surface area contributed by atoms with Crippen LogP contribution in [-0.2, 0) is 14.3 Å². The Morgan fingerprint density at radius 2 is 1.67 bits per heavy atom. The van der Waals surface area contributed by atoms with Gasteiger partial charge in [-0.3, -0.25) is 4.79 Å². The minimum absolute atomic E-state index is 0.289. The molecule has 0 radical (unpaired) electrons. The molecule has 2 aromatic carbocycles. The zero-order valence-electron chi connectivity index (χ0n) is 16.2. The molecule has 2 aromatic rings. The maximum absolute atomic E-state index is 12.4. The molecule has 0 aromatic heterocycles. The molecule has 1 atom stereocenters. The molecular weight excluding hydrogens is 366 g/mol. The van der Waals surface area contributed by atoms with Crippen LogP contribution >= 0.6 is 11.6 Å². The first kappa shape index (κ1) is 20.8. The van der Waals surface area contributed by atoms with Gasteiger partial charge in [0.2, 0.25) is 0 Å². The van der Waals surface area contributed by atoms with E-state index in [4.69, 9.17) is 21.1 Å². The van der Waals surface area contributed by atoms with E-state index in [1.807, 2.05) is 39.8 Å². The first-order valence-corrected chi connectivity index (χ1v) is 9.02. The standard InChI is InChI=1S/C21H24ClNO4/c1-12-8-14(3)20(15(4)9-12)23-21(25)16(5)27-19(24)11-26-18-7-6-17(22)10-13(18)2/h6-10,16H,11H2,1-5H3,(H,23,25)/t16-/m1/s1. The van der Waals surface area contributed by atoms with Gasteiger partial charge in [-0.25, -0.2) is 4.79 Å². The quantitative estimate of drug-likeness (QED) is 0.737. The van der Waals surface area contributed by atoms with Crippen molar-refractivity contribution < 1.29 is 19.1 Å². The molecule has 27 heavy (non-hydrogen) atoms. The van der Waals surface area contributed by atoms with E-state index in [0.717, 1.165) is 27.9 Å². The lowest BCUT2D eigenvalue weighted by atomic mass is 10.0. The molecule has 0 heterocycles. The zero-order valence-corrected chi connectivity index (χ0v) is 16.9. The third-order valence-corrected chi connectivity index (χ3v) is 4.32. The Bertz CT molecular complexity index is 840. The molecule has 0 fully saturated rings. The van der Waals surface area contributed by atoms with E-state index in [1.54, 1.807) is 18.2 Å². The molecule has 144 valence electrons. The second kappa shape index (κ2) is 8.91. The van der Waals surface area contributed by atoms with Crippen molar-refractivity contribution >= 4 is 29.2 Å². The Morgan fingerprint density at radius 3 is 2.26 bits per heavy atom. The van der Waals surface area contributed by atoms with Crippen LogP contribution in [-0.4, -0.2) is 24.6 Å². The smallest absolute Gasteiger partial charge is 0.344 e. The van der Waals surface area contributed by atoms with Gasteiger partial charge in [-0.2, -0.15) is 0 Å². The first-order chi connectivity index (χ1) is 12.7. The fraction of sp³-hybridized carbons (Fsp3) is 0.333. The third-order valence-electron chi connectivity index (χ3n) is 4.09. The molecule has 0 unspecified atom stereocenters. The van der Waals surface area contributed by atoms with E-state index in [2.05, 4.69) is 5.32 Å². The summed E-state index contributed by atoms with van der Waals surface area (Å²) >= 11 is 5.89. The number of benzene rings is 2. The van der Waals surface area contributed by atoms with Crippen LogP contribution in [0.2, 0.25) is 5.02 Å². The molecule has 0 bridgehead atoms. The second-order valence-electron chi connectivity index (χ2n) is 6.59. The van der Waals surface area contributed by atoms with Gasteiger partial charge in [0.05, 0.1) is 0 Å². The summed E-state index contributed by atoms with van der Waals surface area (Å²) in [5.41, 5.74) is 4.59. The van der Waals surface area contributed by atoms with Crippen molar-refractivity contribution in [1.82, 2.24) is 0 Å². The van der Waals surface area contributed by atoms with Gasteiger partial charge in [-0.1, -0.05) is 29.3 Å². The van der Waals surface area contributed by atoms with Crippen molar-refractivity contribution in [2.24, 2.45) is 0 Å². The average Bonchev–Trinajstić information content (AvgIpc) is 2.57. The molecular formula is C21H24ClNO4. The summed E-state index contributed by atoms with van der Waals surface area (Å²) in [5, 5.41) is 3.42. The Morgan fingerprint density at radius 1 is 1.04 bits per heavy atom. The minimum Gasteiger partial charge on any atom is -0.482 e. The number of carbonyl (C=O) groups excluding carboxylic acids is 2. The van der Waals surface area contributed by atoms with Crippen LogP contribution in [0.4, 0.5) is 5.69 Å². The minimum atomic E-state index is -0.937. The monoisotopic (exact) mass is 389 g/mol. The van der Waals surface area contributed by atoms with Gasteiger partial charge < -0.3 is 14.8 Å². The third kappa shape index (κ3) is 5.73.